The molecule has 5 heteroatoms. The minimum Gasteiger partial charge on any atom is -0.377 e. The predicted molar refractivity (Wildman–Crippen MR) is 60.0 cm³/mol. The monoisotopic (exact) mass is 227 g/mol. The summed E-state index contributed by atoms with van der Waals surface area (Å²) in [4.78, 5) is 0. The molecule has 0 aromatic carbocycles. The van der Waals surface area contributed by atoms with E-state index in [1.807, 2.05) is 24.4 Å². The molecule has 0 saturated carbocycles. The van der Waals surface area contributed by atoms with E-state index < -0.39 is 0 Å². The fourth-order valence-electron chi connectivity index (χ4n) is 1.17. The average Bonchev–Trinajstić information content (AvgIpc) is 2.72. The number of nitrogens with zero attached hydrogens (tertiary/aromatic N) is 1. The number of aryl methyl sites for hydroxylation is 1. The maximum absolute atomic E-state index is 5.94. The summed E-state index contributed by atoms with van der Waals surface area (Å²) < 4.78 is 0.789. The van der Waals surface area contributed by atoms with Gasteiger partial charge in [-0.3, -0.25) is 5.10 Å². The molecule has 14 heavy (non-hydrogen) atoms. The molecule has 74 valence electrons. The molecule has 0 bridgehead atoms. The lowest BCUT2D eigenvalue weighted by Crippen LogP contribution is -1.98. The average molecular weight is 228 g/mol. The summed E-state index contributed by atoms with van der Waals surface area (Å²) in [5.41, 5.74) is 3.03. The first-order chi connectivity index (χ1) is 6.75. The van der Waals surface area contributed by atoms with Crippen LogP contribution in [0.25, 0.3) is 0 Å². The Morgan fingerprint density at radius 2 is 2.50 bits per heavy atom. The molecule has 0 unspecified atom stereocenters. The van der Waals surface area contributed by atoms with Gasteiger partial charge in [0, 0.05) is 5.69 Å². The van der Waals surface area contributed by atoms with Crippen LogP contribution in [0, 0.1) is 6.92 Å². The number of thiophene rings is 1. The van der Waals surface area contributed by atoms with Gasteiger partial charge in [-0.2, -0.15) is 5.10 Å². The Morgan fingerprint density at radius 3 is 3.07 bits per heavy atom. The highest BCUT2D eigenvalue weighted by atomic mass is 35.5. The van der Waals surface area contributed by atoms with E-state index in [1.54, 1.807) is 0 Å². The van der Waals surface area contributed by atoms with E-state index in [4.69, 9.17) is 11.6 Å². The highest BCUT2D eigenvalue weighted by Crippen LogP contribution is 2.27. The molecule has 0 saturated heterocycles. The summed E-state index contributed by atoms with van der Waals surface area (Å²) in [6.07, 6.45) is 0. The summed E-state index contributed by atoms with van der Waals surface area (Å²) >= 11 is 7.46. The van der Waals surface area contributed by atoms with E-state index in [1.165, 1.54) is 11.3 Å². The van der Waals surface area contributed by atoms with Gasteiger partial charge in [-0.25, -0.2) is 0 Å². The Labute approximate surface area is 91.1 Å². The standard InChI is InChI=1S/C9H10ClN3S/c1-6-4-7(13-12-6)5-11-8-2-3-14-9(8)10/h2-4,11H,5H2,1H3,(H,12,13). The van der Waals surface area contributed by atoms with Gasteiger partial charge >= 0.3 is 0 Å². The van der Waals surface area contributed by atoms with Crippen molar-refractivity contribution in [2.24, 2.45) is 0 Å². The van der Waals surface area contributed by atoms with E-state index in [9.17, 15) is 0 Å². The van der Waals surface area contributed by atoms with Gasteiger partial charge in [-0.05, 0) is 24.4 Å². The maximum Gasteiger partial charge on any atom is 0.116 e. The molecule has 2 rings (SSSR count). The molecule has 3 nitrogen and oxygen atoms in total. The quantitative estimate of drug-likeness (QED) is 0.846. The highest BCUT2D eigenvalue weighted by Gasteiger charge is 2.02. The van der Waals surface area contributed by atoms with Gasteiger partial charge in [-0.15, -0.1) is 11.3 Å². The second-order valence-electron chi connectivity index (χ2n) is 3.00. The predicted octanol–water partition coefficient (Wildman–Crippen LogP) is 3.05. The summed E-state index contributed by atoms with van der Waals surface area (Å²) in [5, 5.41) is 12.2. The molecule has 0 aliphatic carbocycles. The van der Waals surface area contributed by atoms with Crippen LogP contribution in [0.4, 0.5) is 5.69 Å². The zero-order valence-corrected chi connectivity index (χ0v) is 9.25. The molecule has 2 aromatic heterocycles. The first-order valence-corrected chi connectivity index (χ1v) is 5.49. The smallest absolute Gasteiger partial charge is 0.116 e. The van der Waals surface area contributed by atoms with Crippen molar-refractivity contribution in [1.82, 2.24) is 10.2 Å². The van der Waals surface area contributed by atoms with Gasteiger partial charge < -0.3 is 5.32 Å². The number of nitrogens with one attached hydrogen (secondary N) is 2. The number of aromatic nitrogens is 2. The largest absolute Gasteiger partial charge is 0.377 e. The summed E-state index contributed by atoms with van der Waals surface area (Å²) in [7, 11) is 0. The molecule has 0 amide bonds. The van der Waals surface area contributed by atoms with Crippen molar-refractivity contribution in [3.63, 3.8) is 0 Å². The zero-order valence-electron chi connectivity index (χ0n) is 7.67. The molecule has 0 aliphatic rings. The minimum atomic E-state index is 0.695. The van der Waals surface area contributed by atoms with Gasteiger partial charge in [0.25, 0.3) is 0 Å². The fraction of sp³-hybridized carbons (Fsp3) is 0.222. The number of hydrogen-bond acceptors (Lipinski definition) is 3. The van der Waals surface area contributed by atoms with Gasteiger partial charge in [0.15, 0.2) is 0 Å². The third-order valence-corrected chi connectivity index (χ3v) is 3.01. The van der Waals surface area contributed by atoms with E-state index in [0.717, 1.165) is 21.4 Å². The second kappa shape index (κ2) is 4.02. The van der Waals surface area contributed by atoms with Crippen LogP contribution in [0.2, 0.25) is 4.34 Å². The van der Waals surface area contributed by atoms with Crippen LogP contribution in [0.15, 0.2) is 17.5 Å². The van der Waals surface area contributed by atoms with E-state index in [2.05, 4.69) is 15.5 Å². The maximum atomic E-state index is 5.94. The normalized spacial score (nSPS) is 10.4. The van der Waals surface area contributed by atoms with Crippen molar-refractivity contribution in [1.29, 1.82) is 0 Å². The molecule has 0 spiro atoms. The van der Waals surface area contributed by atoms with Crippen molar-refractivity contribution < 1.29 is 0 Å². The second-order valence-corrected chi connectivity index (χ2v) is 4.52. The molecule has 2 aromatic rings. The SMILES string of the molecule is Cc1cc(CNc2ccsc2Cl)n[nH]1. The molecule has 0 radical (unpaired) electrons. The van der Waals surface area contributed by atoms with Crippen LogP contribution < -0.4 is 5.32 Å². The van der Waals surface area contributed by atoms with E-state index in [-0.39, 0.29) is 0 Å². The van der Waals surface area contributed by atoms with Gasteiger partial charge in [-0.1, -0.05) is 11.6 Å². The number of halogens is 1. The number of anilines is 1. The summed E-state index contributed by atoms with van der Waals surface area (Å²) in [5.74, 6) is 0. The summed E-state index contributed by atoms with van der Waals surface area (Å²) in [6.45, 7) is 2.68. The lowest BCUT2D eigenvalue weighted by molar-refractivity contribution is 0.968. The molecule has 0 fully saturated rings. The van der Waals surface area contributed by atoms with Crippen molar-refractivity contribution in [3.8, 4) is 0 Å². The van der Waals surface area contributed by atoms with Crippen LogP contribution in [-0.2, 0) is 6.54 Å². The van der Waals surface area contributed by atoms with Crippen molar-refractivity contribution in [2.45, 2.75) is 13.5 Å². The van der Waals surface area contributed by atoms with Crippen LogP contribution in [0.1, 0.15) is 11.4 Å². The first kappa shape index (κ1) is 9.55. The van der Waals surface area contributed by atoms with Crippen LogP contribution in [0.3, 0.4) is 0 Å². The summed E-state index contributed by atoms with van der Waals surface area (Å²) in [6, 6.07) is 3.97. The Kier molecular flexibility index (Phi) is 2.74. The molecule has 2 N–H and O–H groups in total. The topological polar surface area (TPSA) is 40.7 Å². The number of H-pyrrole nitrogens is 1. The molecular weight excluding hydrogens is 218 g/mol. The zero-order chi connectivity index (χ0) is 9.97. The van der Waals surface area contributed by atoms with Crippen molar-refractivity contribution in [3.05, 3.63) is 33.2 Å². The van der Waals surface area contributed by atoms with Gasteiger partial charge in [0.05, 0.1) is 17.9 Å². The minimum absolute atomic E-state index is 0.695. The van der Waals surface area contributed by atoms with Crippen LogP contribution in [-0.4, -0.2) is 10.2 Å². The molecule has 0 atom stereocenters. The number of rotatable bonds is 3. The third-order valence-electron chi connectivity index (χ3n) is 1.84. The highest BCUT2D eigenvalue weighted by molar-refractivity contribution is 7.15. The molecular formula is C9H10ClN3S. The van der Waals surface area contributed by atoms with Crippen molar-refractivity contribution >= 4 is 28.6 Å². The molecule has 0 aliphatic heterocycles. The van der Waals surface area contributed by atoms with Crippen LogP contribution >= 0.6 is 22.9 Å². The third kappa shape index (κ3) is 2.08. The molecule has 2 heterocycles. The Morgan fingerprint density at radius 1 is 1.64 bits per heavy atom. The van der Waals surface area contributed by atoms with Crippen LogP contribution in [0.5, 0.6) is 0 Å². The Bertz CT molecular complexity index is 421. The van der Waals surface area contributed by atoms with Crippen molar-refractivity contribution in [2.75, 3.05) is 5.32 Å². The first-order valence-electron chi connectivity index (χ1n) is 4.23. The fourth-order valence-corrected chi connectivity index (χ4v) is 2.04. The Hall–Kier alpha value is -1.00. The van der Waals surface area contributed by atoms with E-state index in [0.29, 0.717) is 6.54 Å². The lowest BCUT2D eigenvalue weighted by atomic mass is 10.3. The van der Waals surface area contributed by atoms with E-state index >= 15 is 0 Å². The number of aromatic amines is 1. The van der Waals surface area contributed by atoms with Gasteiger partial charge in [0.1, 0.15) is 4.34 Å². The Balaban J connectivity index is 1.98. The van der Waals surface area contributed by atoms with Gasteiger partial charge in [0.2, 0.25) is 0 Å². The number of hydrogen-bond donors (Lipinski definition) is 2. The lowest BCUT2D eigenvalue weighted by Gasteiger charge is -2.00.